The minimum absolute atomic E-state index is 0.118. The molecule has 24 heavy (non-hydrogen) atoms. The highest BCUT2D eigenvalue weighted by Crippen LogP contribution is 2.22. The van der Waals surface area contributed by atoms with Gasteiger partial charge in [-0.1, -0.05) is 18.2 Å². The molecule has 122 valence electrons. The minimum atomic E-state index is -0.557. The normalized spacial score (nSPS) is 10.5. The Morgan fingerprint density at radius 1 is 1.08 bits per heavy atom. The smallest absolute Gasteiger partial charge is 0.276 e. The average Bonchev–Trinajstić information content (AvgIpc) is 2.55. The van der Waals surface area contributed by atoms with E-state index >= 15 is 0 Å². The van der Waals surface area contributed by atoms with Gasteiger partial charge in [-0.05, 0) is 24.6 Å². The standard InChI is InChI=1S/C16H13N3O5/c1-11-6-8-13(18(21)22)10-14(11)17-16(20)9-7-12-4-2-3-5-15(12)19(23)24/h2-10H,1H3,(H,17,20). The third-order valence-corrected chi connectivity index (χ3v) is 3.24. The lowest BCUT2D eigenvalue weighted by molar-refractivity contribution is -0.385. The minimum Gasteiger partial charge on any atom is -0.322 e. The van der Waals surface area contributed by atoms with Crippen LogP contribution in [0.5, 0.6) is 0 Å². The molecule has 2 aromatic carbocycles. The molecule has 0 saturated carbocycles. The highest BCUT2D eigenvalue weighted by atomic mass is 16.6. The van der Waals surface area contributed by atoms with Crippen LogP contribution in [-0.4, -0.2) is 15.8 Å². The van der Waals surface area contributed by atoms with E-state index < -0.39 is 15.8 Å². The van der Waals surface area contributed by atoms with Gasteiger partial charge in [-0.25, -0.2) is 0 Å². The van der Waals surface area contributed by atoms with E-state index in [9.17, 15) is 25.0 Å². The summed E-state index contributed by atoms with van der Waals surface area (Å²) in [6, 6.07) is 10.1. The van der Waals surface area contributed by atoms with E-state index in [4.69, 9.17) is 0 Å². The molecule has 0 heterocycles. The number of nitrogens with zero attached hydrogens (tertiary/aromatic N) is 2. The number of hydrogen-bond acceptors (Lipinski definition) is 5. The molecule has 0 unspecified atom stereocenters. The zero-order valence-electron chi connectivity index (χ0n) is 12.6. The quantitative estimate of drug-likeness (QED) is 0.513. The van der Waals surface area contributed by atoms with Crippen molar-refractivity contribution in [3.05, 3.63) is 79.9 Å². The number of amides is 1. The zero-order chi connectivity index (χ0) is 17.7. The summed E-state index contributed by atoms with van der Waals surface area (Å²) < 4.78 is 0. The van der Waals surface area contributed by atoms with Gasteiger partial charge in [0.2, 0.25) is 5.91 Å². The van der Waals surface area contributed by atoms with Gasteiger partial charge in [-0.15, -0.1) is 0 Å². The van der Waals surface area contributed by atoms with E-state index in [1.165, 1.54) is 42.5 Å². The van der Waals surface area contributed by atoms with Crippen molar-refractivity contribution in [1.82, 2.24) is 0 Å². The molecule has 2 aromatic rings. The fourth-order valence-corrected chi connectivity index (χ4v) is 1.99. The van der Waals surface area contributed by atoms with Crippen molar-refractivity contribution >= 4 is 29.0 Å². The van der Waals surface area contributed by atoms with Gasteiger partial charge < -0.3 is 5.32 Å². The summed E-state index contributed by atoms with van der Waals surface area (Å²) in [4.78, 5) is 32.6. The van der Waals surface area contributed by atoms with Crippen LogP contribution in [0.1, 0.15) is 11.1 Å². The van der Waals surface area contributed by atoms with Crippen LogP contribution in [0, 0.1) is 27.2 Å². The van der Waals surface area contributed by atoms with Crippen molar-refractivity contribution in [2.75, 3.05) is 5.32 Å². The summed E-state index contributed by atoms with van der Waals surface area (Å²) in [5, 5.41) is 24.2. The van der Waals surface area contributed by atoms with E-state index in [1.807, 2.05) is 0 Å². The molecule has 0 atom stereocenters. The Kier molecular flexibility index (Phi) is 5.00. The molecule has 0 bridgehead atoms. The van der Waals surface area contributed by atoms with Crippen molar-refractivity contribution in [2.45, 2.75) is 6.92 Å². The Balaban J connectivity index is 2.19. The number of carbonyl (C=O) groups is 1. The fraction of sp³-hybridized carbons (Fsp3) is 0.0625. The number of non-ortho nitro benzene ring substituents is 1. The van der Waals surface area contributed by atoms with Gasteiger partial charge in [0.1, 0.15) is 0 Å². The van der Waals surface area contributed by atoms with Crippen LogP contribution in [0.15, 0.2) is 48.5 Å². The van der Waals surface area contributed by atoms with Crippen LogP contribution in [0.2, 0.25) is 0 Å². The van der Waals surface area contributed by atoms with Crippen LogP contribution in [0.4, 0.5) is 17.1 Å². The molecule has 0 spiro atoms. The number of anilines is 1. The highest BCUT2D eigenvalue weighted by molar-refractivity contribution is 6.02. The highest BCUT2D eigenvalue weighted by Gasteiger charge is 2.11. The van der Waals surface area contributed by atoms with Gasteiger partial charge in [0.05, 0.1) is 21.1 Å². The van der Waals surface area contributed by atoms with E-state index in [0.717, 1.165) is 6.08 Å². The Hall–Kier alpha value is -3.55. The van der Waals surface area contributed by atoms with E-state index in [1.54, 1.807) is 13.0 Å². The van der Waals surface area contributed by atoms with E-state index in [-0.39, 0.29) is 16.9 Å². The molecule has 8 nitrogen and oxygen atoms in total. The van der Waals surface area contributed by atoms with Crippen molar-refractivity contribution in [1.29, 1.82) is 0 Å². The molecule has 1 N–H and O–H groups in total. The first-order valence-corrected chi connectivity index (χ1v) is 6.86. The summed E-state index contributed by atoms with van der Waals surface area (Å²) >= 11 is 0. The second-order valence-electron chi connectivity index (χ2n) is 4.89. The largest absolute Gasteiger partial charge is 0.322 e. The summed E-state index contributed by atoms with van der Waals surface area (Å²) in [5.41, 5.74) is 0.995. The first-order chi connectivity index (χ1) is 11.4. The summed E-state index contributed by atoms with van der Waals surface area (Å²) in [7, 11) is 0. The number of benzene rings is 2. The molecule has 0 saturated heterocycles. The van der Waals surface area contributed by atoms with Crippen molar-refractivity contribution in [3.63, 3.8) is 0 Å². The Morgan fingerprint density at radius 2 is 1.79 bits per heavy atom. The molecular weight excluding hydrogens is 314 g/mol. The topological polar surface area (TPSA) is 115 Å². The lowest BCUT2D eigenvalue weighted by atomic mass is 10.1. The summed E-state index contributed by atoms with van der Waals surface area (Å²) in [6.07, 6.45) is 2.46. The van der Waals surface area contributed by atoms with E-state index in [0.29, 0.717) is 11.3 Å². The number of carbonyl (C=O) groups excluding carboxylic acids is 1. The number of rotatable bonds is 5. The molecule has 8 heteroatoms. The van der Waals surface area contributed by atoms with E-state index in [2.05, 4.69) is 5.32 Å². The molecule has 2 rings (SSSR count). The molecule has 0 aromatic heterocycles. The van der Waals surface area contributed by atoms with Crippen LogP contribution in [0.25, 0.3) is 6.08 Å². The van der Waals surface area contributed by atoms with Crippen molar-refractivity contribution in [3.8, 4) is 0 Å². The van der Waals surface area contributed by atoms with Gasteiger partial charge in [0.15, 0.2) is 0 Å². The van der Waals surface area contributed by atoms with Gasteiger partial charge in [0.25, 0.3) is 11.4 Å². The van der Waals surface area contributed by atoms with Crippen LogP contribution in [-0.2, 0) is 4.79 Å². The molecule has 0 aliphatic carbocycles. The third kappa shape index (κ3) is 4.01. The molecule has 0 radical (unpaired) electrons. The summed E-state index contributed by atoms with van der Waals surface area (Å²) in [6.45, 7) is 1.70. The van der Waals surface area contributed by atoms with Crippen molar-refractivity contribution in [2.24, 2.45) is 0 Å². The van der Waals surface area contributed by atoms with Crippen LogP contribution < -0.4 is 5.32 Å². The lowest BCUT2D eigenvalue weighted by Crippen LogP contribution is -2.09. The van der Waals surface area contributed by atoms with Gasteiger partial charge in [0, 0.05) is 24.3 Å². The Bertz CT molecular complexity index is 845. The SMILES string of the molecule is Cc1ccc([N+](=O)[O-])cc1NC(=O)C=Cc1ccccc1[N+](=O)[O-]. The number of nitrogens with one attached hydrogen (secondary N) is 1. The maximum Gasteiger partial charge on any atom is 0.276 e. The number of nitro benzene ring substituents is 2. The van der Waals surface area contributed by atoms with Gasteiger partial charge in [-0.2, -0.15) is 0 Å². The predicted molar refractivity (Wildman–Crippen MR) is 88.6 cm³/mol. The van der Waals surface area contributed by atoms with Crippen molar-refractivity contribution < 1.29 is 14.6 Å². The monoisotopic (exact) mass is 327 g/mol. The second-order valence-corrected chi connectivity index (χ2v) is 4.89. The predicted octanol–water partition coefficient (Wildman–Crippen LogP) is 3.46. The zero-order valence-corrected chi connectivity index (χ0v) is 12.6. The molecule has 1 amide bonds. The Morgan fingerprint density at radius 3 is 2.46 bits per heavy atom. The molecule has 0 aliphatic rings. The molecule has 0 fully saturated rings. The second kappa shape index (κ2) is 7.14. The Labute approximate surface area is 136 Å². The maximum atomic E-state index is 12.0. The van der Waals surface area contributed by atoms with Crippen LogP contribution >= 0.6 is 0 Å². The third-order valence-electron chi connectivity index (χ3n) is 3.24. The number of para-hydroxylation sites is 1. The fourth-order valence-electron chi connectivity index (χ4n) is 1.99. The lowest BCUT2D eigenvalue weighted by Gasteiger charge is -2.06. The van der Waals surface area contributed by atoms with Gasteiger partial charge >= 0.3 is 0 Å². The molecular formula is C16H13N3O5. The maximum absolute atomic E-state index is 12.0. The summed E-state index contributed by atoms with van der Waals surface area (Å²) in [5.74, 6) is -0.545. The number of aryl methyl sites for hydroxylation is 1. The number of hydrogen-bond donors (Lipinski definition) is 1. The first-order valence-electron chi connectivity index (χ1n) is 6.86. The average molecular weight is 327 g/mol. The number of nitro groups is 2. The molecule has 0 aliphatic heterocycles. The van der Waals surface area contributed by atoms with Crippen LogP contribution in [0.3, 0.4) is 0 Å². The van der Waals surface area contributed by atoms with Gasteiger partial charge in [-0.3, -0.25) is 25.0 Å². The first kappa shape index (κ1) is 16.8.